The number of rotatable bonds is 8. The maximum atomic E-state index is 5.19. The maximum Gasteiger partial charge on any atom is 0.185 e. The van der Waals surface area contributed by atoms with E-state index < -0.39 is 0 Å². The van der Waals surface area contributed by atoms with Crippen LogP contribution in [0.25, 0.3) is 0 Å². The van der Waals surface area contributed by atoms with Crippen LogP contribution in [0.15, 0.2) is 0 Å². The Morgan fingerprint density at radius 2 is 2.11 bits per heavy atom. The summed E-state index contributed by atoms with van der Waals surface area (Å²) in [4.78, 5) is 8.02. The van der Waals surface area contributed by atoms with Gasteiger partial charge in [0.25, 0.3) is 0 Å². The molecule has 1 aromatic heterocycles. The van der Waals surface area contributed by atoms with E-state index in [4.69, 9.17) is 9.47 Å². The van der Waals surface area contributed by atoms with Crippen molar-refractivity contribution in [2.75, 3.05) is 39.8 Å². The predicted octanol–water partition coefficient (Wildman–Crippen LogP) is 1.48. The minimum atomic E-state index is 0.305. The minimum Gasteiger partial charge on any atom is -0.383 e. The van der Waals surface area contributed by atoms with Crippen molar-refractivity contribution in [3.8, 4) is 0 Å². The number of thiazole rings is 1. The zero-order valence-electron chi connectivity index (χ0n) is 11.8. The van der Waals surface area contributed by atoms with Gasteiger partial charge in [-0.2, -0.15) is 0 Å². The number of ether oxygens (including phenoxy) is 2. The average Bonchev–Trinajstić information content (AvgIpc) is 2.73. The molecule has 6 heteroatoms. The highest BCUT2D eigenvalue weighted by Crippen LogP contribution is 2.27. The maximum absolute atomic E-state index is 5.19. The van der Waals surface area contributed by atoms with Crippen molar-refractivity contribution < 1.29 is 9.47 Å². The van der Waals surface area contributed by atoms with Gasteiger partial charge in [-0.15, -0.1) is 11.3 Å². The second-order valence-electron chi connectivity index (χ2n) is 4.24. The molecule has 1 aromatic rings. The summed E-state index contributed by atoms with van der Waals surface area (Å²) in [6, 6.07) is 0.305. The van der Waals surface area contributed by atoms with Crippen molar-refractivity contribution in [1.29, 1.82) is 0 Å². The number of hydrogen-bond donors (Lipinski definition) is 1. The topological polar surface area (TPSA) is 46.6 Å². The van der Waals surface area contributed by atoms with Gasteiger partial charge in [-0.3, -0.25) is 0 Å². The fraction of sp³-hybridized carbons (Fsp3) is 0.750. The molecule has 0 spiro atoms. The number of hydrogen-bond acceptors (Lipinski definition) is 6. The zero-order valence-corrected chi connectivity index (χ0v) is 12.6. The Labute approximate surface area is 113 Å². The van der Waals surface area contributed by atoms with Gasteiger partial charge in [0.1, 0.15) is 0 Å². The summed E-state index contributed by atoms with van der Waals surface area (Å²) in [6.07, 6.45) is 0. The Morgan fingerprint density at radius 3 is 2.67 bits per heavy atom. The fourth-order valence-electron chi connectivity index (χ4n) is 1.61. The molecule has 0 aliphatic heterocycles. The number of nitrogens with one attached hydrogen (secondary N) is 1. The standard InChI is InChI=1S/C12H23N3O2S/c1-9(7-16-4)15(3)12-14-10(8-17-5)11(18-12)6-13-2/h9,13H,6-8H2,1-5H3. The van der Waals surface area contributed by atoms with Crippen LogP contribution in [0, 0.1) is 0 Å². The average molecular weight is 273 g/mol. The minimum absolute atomic E-state index is 0.305. The lowest BCUT2D eigenvalue weighted by molar-refractivity contribution is 0.180. The lowest BCUT2D eigenvalue weighted by Gasteiger charge is -2.23. The van der Waals surface area contributed by atoms with Crippen molar-refractivity contribution in [1.82, 2.24) is 10.3 Å². The molecule has 1 atom stereocenters. The normalized spacial score (nSPS) is 12.7. The first-order chi connectivity index (χ1) is 8.63. The van der Waals surface area contributed by atoms with Crippen LogP contribution in [0.3, 0.4) is 0 Å². The molecule has 0 aromatic carbocycles. The Morgan fingerprint density at radius 1 is 1.39 bits per heavy atom. The molecule has 1 heterocycles. The highest BCUT2D eigenvalue weighted by atomic mass is 32.1. The van der Waals surface area contributed by atoms with Gasteiger partial charge < -0.3 is 19.7 Å². The molecule has 1 unspecified atom stereocenters. The Kier molecular flexibility index (Phi) is 6.56. The second-order valence-corrected chi connectivity index (χ2v) is 5.31. The SMILES string of the molecule is CNCc1sc(N(C)C(C)COC)nc1COC. The summed E-state index contributed by atoms with van der Waals surface area (Å²) >= 11 is 1.70. The summed E-state index contributed by atoms with van der Waals surface area (Å²) in [5.41, 5.74) is 1.02. The van der Waals surface area contributed by atoms with Gasteiger partial charge in [0.15, 0.2) is 5.13 Å². The van der Waals surface area contributed by atoms with E-state index in [1.807, 2.05) is 14.1 Å². The summed E-state index contributed by atoms with van der Waals surface area (Å²) in [6.45, 7) is 4.19. The van der Waals surface area contributed by atoms with Crippen LogP contribution in [0.5, 0.6) is 0 Å². The van der Waals surface area contributed by atoms with E-state index in [9.17, 15) is 0 Å². The smallest absolute Gasteiger partial charge is 0.185 e. The first-order valence-electron chi connectivity index (χ1n) is 5.97. The molecule has 0 bridgehead atoms. The lowest BCUT2D eigenvalue weighted by Crippen LogP contribution is -2.32. The van der Waals surface area contributed by atoms with Crippen molar-refractivity contribution in [2.24, 2.45) is 0 Å². The Hall–Kier alpha value is -0.690. The first kappa shape index (κ1) is 15.4. The van der Waals surface area contributed by atoms with Gasteiger partial charge in [-0.25, -0.2) is 4.98 Å². The van der Waals surface area contributed by atoms with E-state index in [0.717, 1.165) is 17.4 Å². The summed E-state index contributed by atoms with van der Waals surface area (Å²) in [5, 5.41) is 4.17. The van der Waals surface area contributed by atoms with Crippen molar-refractivity contribution in [3.05, 3.63) is 10.6 Å². The molecule has 5 nitrogen and oxygen atoms in total. The molecular formula is C12H23N3O2S. The molecule has 1 rings (SSSR count). The van der Waals surface area contributed by atoms with Gasteiger partial charge in [0, 0.05) is 32.7 Å². The molecule has 0 saturated carbocycles. The predicted molar refractivity (Wildman–Crippen MR) is 75.3 cm³/mol. The van der Waals surface area contributed by atoms with Crippen LogP contribution >= 0.6 is 11.3 Å². The van der Waals surface area contributed by atoms with Crippen molar-refractivity contribution in [3.63, 3.8) is 0 Å². The number of anilines is 1. The highest BCUT2D eigenvalue weighted by molar-refractivity contribution is 7.15. The summed E-state index contributed by atoms with van der Waals surface area (Å²) < 4.78 is 10.4. The molecule has 18 heavy (non-hydrogen) atoms. The number of methoxy groups -OCH3 is 2. The Bertz CT molecular complexity index is 334. The molecule has 0 radical (unpaired) electrons. The molecule has 0 saturated heterocycles. The van der Waals surface area contributed by atoms with Crippen LogP contribution in [0.4, 0.5) is 5.13 Å². The van der Waals surface area contributed by atoms with E-state index in [-0.39, 0.29) is 0 Å². The molecule has 0 amide bonds. The van der Waals surface area contributed by atoms with Crippen LogP contribution in [0.1, 0.15) is 17.5 Å². The quantitative estimate of drug-likeness (QED) is 0.777. The van der Waals surface area contributed by atoms with Gasteiger partial charge in [0.2, 0.25) is 0 Å². The zero-order chi connectivity index (χ0) is 13.5. The summed E-state index contributed by atoms with van der Waals surface area (Å²) in [5.74, 6) is 0. The van der Waals surface area contributed by atoms with Crippen LogP contribution in [-0.2, 0) is 22.6 Å². The fourth-order valence-corrected chi connectivity index (χ4v) is 2.75. The van der Waals surface area contributed by atoms with Gasteiger partial charge in [-0.05, 0) is 14.0 Å². The molecule has 0 aliphatic rings. The van der Waals surface area contributed by atoms with Crippen LogP contribution in [-0.4, -0.2) is 45.9 Å². The Balaban J connectivity index is 2.85. The largest absolute Gasteiger partial charge is 0.383 e. The van der Waals surface area contributed by atoms with E-state index in [1.54, 1.807) is 25.6 Å². The number of aromatic nitrogens is 1. The third-order valence-corrected chi connectivity index (χ3v) is 3.94. The summed E-state index contributed by atoms with van der Waals surface area (Å²) in [7, 11) is 7.39. The first-order valence-corrected chi connectivity index (χ1v) is 6.79. The van der Waals surface area contributed by atoms with E-state index in [0.29, 0.717) is 19.3 Å². The lowest BCUT2D eigenvalue weighted by atomic mass is 10.3. The van der Waals surface area contributed by atoms with Gasteiger partial charge >= 0.3 is 0 Å². The van der Waals surface area contributed by atoms with Gasteiger partial charge in [-0.1, -0.05) is 0 Å². The molecule has 0 fully saturated rings. The van der Waals surface area contributed by atoms with E-state index >= 15 is 0 Å². The van der Waals surface area contributed by atoms with E-state index in [2.05, 4.69) is 22.1 Å². The van der Waals surface area contributed by atoms with Crippen LogP contribution < -0.4 is 10.2 Å². The van der Waals surface area contributed by atoms with Crippen molar-refractivity contribution in [2.45, 2.75) is 26.1 Å². The van der Waals surface area contributed by atoms with E-state index in [1.165, 1.54) is 4.88 Å². The number of likely N-dealkylation sites (N-methyl/N-ethyl adjacent to an activating group) is 1. The molecule has 104 valence electrons. The highest BCUT2D eigenvalue weighted by Gasteiger charge is 2.17. The third-order valence-electron chi connectivity index (χ3n) is 2.76. The molecule has 1 N–H and O–H groups in total. The van der Waals surface area contributed by atoms with Gasteiger partial charge in [0.05, 0.1) is 24.9 Å². The third kappa shape index (κ3) is 3.91. The van der Waals surface area contributed by atoms with Crippen LogP contribution in [0.2, 0.25) is 0 Å². The monoisotopic (exact) mass is 273 g/mol. The molecule has 0 aliphatic carbocycles. The number of nitrogens with zero attached hydrogens (tertiary/aromatic N) is 2. The van der Waals surface area contributed by atoms with Crippen molar-refractivity contribution >= 4 is 16.5 Å². The molecular weight excluding hydrogens is 250 g/mol. The second kappa shape index (κ2) is 7.68.